The topological polar surface area (TPSA) is 17.0 Å². The number of para-hydroxylation sites is 1. The van der Waals surface area contributed by atoms with Gasteiger partial charge in [-0.2, -0.15) is 0 Å². The summed E-state index contributed by atoms with van der Waals surface area (Å²) in [6, 6.07) is 26.7. The van der Waals surface area contributed by atoms with Crippen LogP contribution in [-0.4, -0.2) is 63.2 Å². The summed E-state index contributed by atoms with van der Waals surface area (Å²) in [6.45, 7) is 16.1. The van der Waals surface area contributed by atoms with Crippen LogP contribution in [0.15, 0.2) is 66.7 Å². The minimum absolute atomic E-state index is 0.0420. The number of benzene rings is 4. The third-order valence-electron chi connectivity index (χ3n) is 15.2. The molecule has 193 valence electrons. The average molecular weight is 572 g/mol. The normalized spacial score (nSPS) is 28.7. The fourth-order valence-electron chi connectivity index (χ4n) is 12.7. The van der Waals surface area contributed by atoms with Gasteiger partial charge in [-0.25, -0.2) is 0 Å². The number of hydrogen-bond acceptors (Lipinski definition) is 1. The quantitative estimate of drug-likeness (QED) is 0.255. The number of aromatic nitrogens is 1. The third-order valence-corrected chi connectivity index (χ3v) is 29.6. The summed E-state index contributed by atoms with van der Waals surface area (Å²) in [7, 11) is 2.75. The summed E-state index contributed by atoms with van der Waals surface area (Å²) < 4.78 is 2.64. The Kier molecular flexibility index (Phi) is 2.91. The van der Waals surface area contributed by atoms with E-state index in [1.807, 2.05) is 5.30 Å². The Morgan fingerprint density at radius 1 is 0.767 bits per heavy atom. The van der Waals surface area contributed by atoms with Gasteiger partial charge < -0.3 is 0 Å². The SMILES string of the molecule is CC1(C)c2cccc3c2B2c4c1ccc(P15(NP678[B]B6B7[B-]8)B6[B-]B1B65)c4C(C)(C)c1ccc4c5ccccc5n-3c4c12. The number of rotatable bonds is 3. The van der Waals surface area contributed by atoms with Crippen LogP contribution in [0.25, 0.3) is 27.5 Å². The van der Waals surface area contributed by atoms with Crippen LogP contribution in [-0.2, 0) is 10.8 Å². The fourth-order valence-corrected chi connectivity index (χ4v) is 32.3. The molecular formula is C30H24B9N2P2-2. The van der Waals surface area contributed by atoms with Gasteiger partial charge >= 0.3 is 257 Å². The van der Waals surface area contributed by atoms with E-state index in [1.165, 1.54) is 33.1 Å². The Hall–Kier alpha value is -1.92. The second kappa shape index (κ2) is 5.55. The number of fused-ring (bicyclic) bond motifs is 5. The van der Waals surface area contributed by atoms with E-state index in [-0.39, 0.29) is 10.8 Å². The Morgan fingerprint density at radius 3 is 2.23 bits per heavy atom. The van der Waals surface area contributed by atoms with Crippen LogP contribution in [0, 0.1) is 0 Å². The molecule has 5 radical (unpaired) electrons. The van der Waals surface area contributed by atoms with Gasteiger partial charge in [0.25, 0.3) is 0 Å². The molecule has 2 bridgehead atoms. The molecule has 4 aromatic carbocycles. The molecule has 11 heterocycles. The van der Waals surface area contributed by atoms with Gasteiger partial charge in [-0.3, -0.25) is 0 Å². The van der Waals surface area contributed by atoms with Crippen molar-refractivity contribution in [1.29, 1.82) is 0 Å². The van der Waals surface area contributed by atoms with E-state index in [1.54, 1.807) is 33.1 Å². The van der Waals surface area contributed by atoms with Crippen molar-refractivity contribution in [2.75, 3.05) is 0 Å². The summed E-state index contributed by atoms with van der Waals surface area (Å²) in [5.41, 5.74) is 15.4. The summed E-state index contributed by atoms with van der Waals surface area (Å²) >= 11 is 0. The van der Waals surface area contributed by atoms with E-state index in [0.29, 0.717) is 6.71 Å². The van der Waals surface area contributed by atoms with Gasteiger partial charge in [0.1, 0.15) is 0 Å². The van der Waals surface area contributed by atoms with Crippen molar-refractivity contribution in [3.63, 3.8) is 0 Å². The molecule has 10 aliphatic heterocycles. The maximum atomic E-state index is 4.80. The summed E-state index contributed by atoms with van der Waals surface area (Å²) in [4.78, 5) is 4.80. The van der Waals surface area contributed by atoms with Gasteiger partial charge in [-0.15, -0.1) is 0 Å². The van der Waals surface area contributed by atoms with Gasteiger partial charge in [-0.1, -0.05) is 0 Å². The van der Waals surface area contributed by atoms with Crippen LogP contribution < -0.4 is 26.6 Å². The van der Waals surface area contributed by atoms with Crippen molar-refractivity contribution >= 4 is 115 Å². The summed E-state index contributed by atoms with van der Waals surface area (Å²) in [5.74, 6) is 0. The van der Waals surface area contributed by atoms with Gasteiger partial charge in [-0.05, 0) is 0 Å². The number of hydrogen-bond donors (Lipinski definition) is 1. The van der Waals surface area contributed by atoms with Crippen molar-refractivity contribution in [2.24, 2.45) is 0 Å². The molecular weight excluding hydrogens is 548 g/mol. The standard InChI is InChI=1S/C30H24B9N2P2/c1-29(2)18-9-7-11-22-25(18)34-26-19(29)14-15-23(42(35-31-36(42)39(35)42)40-43-32-37(43)38(43)33-43)24(26)30(3,4)20-13-12-17-16-8-5-6-10-21(16)41(22)28(17)27(20)34/h5-15,40H,1-4H3/q-2. The summed E-state index contributed by atoms with van der Waals surface area (Å²) in [5, 5.41) is 4.63. The van der Waals surface area contributed by atoms with Gasteiger partial charge in [0.2, 0.25) is 0 Å². The van der Waals surface area contributed by atoms with Crippen molar-refractivity contribution in [2.45, 2.75) is 38.5 Å². The molecule has 0 atom stereocenters. The predicted molar refractivity (Wildman–Crippen MR) is 199 cm³/mol. The fraction of sp³-hybridized carbons (Fsp3) is 0.200. The monoisotopic (exact) mass is 573 g/mol. The molecule has 0 aliphatic carbocycles. The first kappa shape index (κ1) is 22.6. The molecule has 1 aromatic heterocycles. The van der Waals surface area contributed by atoms with Crippen molar-refractivity contribution in [3.8, 4) is 5.69 Å². The zero-order valence-corrected chi connectivity index (χ0v) is 26.7. The molecule has 15 rings (SSSR count). The van der Waals surface area contributed by atoms with Gasteiger partial charge in [0.15, 0.2) is 0 Å². The predicted octanol–water partition coefficient (Wildman–Crippen LogP) is 2.25. The van der Waals surface area contributed by atoms with Gasteiger partial charge in [0, 0.05) is 0 Å². The molecule has 7 saturated heterocycles. The zero-order chi connectivity index (χ0) is 28.0. The first-order valence-corrected chi connectivity index (χ1v) is 21.4. The second-order valence-corrected chi connectivity index (χ2v) is 27.3. The zero-order valence-electron chi connectivity index (χ0n) is 24.9. The van der Waals surface area contributed by atoms with E-state index in [2.05, 4.69) is 120 Å². The van der Waals surface area contributed by atoms with Crippen LogP contribution in [0.3, 0.4) is 0 Å². The Morgan fingerprint density at radius 2 is 1.51 bits per heavy atom. The molecule has 1 N–H and O–H groups in total. The van der Waals surface area contributed by atoms with Crippen LogP contribution >= 0.6 is 12.7 Å². The molecule has 0 saturated carbocycles. The van der Waals surface area contributed by atoms with Crippen LogP contribution in [0.4, 0.5) is 0 Å². The molecule has 1 spiro atoms. The maximum absolute atomic E-state index is 4.80. The molecule has 43 heavy (non-hydrogen) atoms. The van der Waals surface area contributed by atoms with Crippen molar-refractivity contribution < 1.29 is 0 Å². The van der Waals surface area contributed by atoms with E-state index in [9.17, 15) is 0 Å². The third kappa shape index (κ3) is 1.73. The van der Waals surface area contributed by atoms with E-state index in [4.69, 9.17) is 4.86 Å². The van der Waals surface area contributed by atoms with E-state index >= 15 is 0 Å². The molecule has 7 fully saturated rings. The first-order valence-electron chi connectivity index (χ1n) is 16.5. The molecule has 0 amide bonds. The molecule has 13 heteroatoms. The van der Waals surface area contributed by atoms with Crippen molar-refractivity contribution in [3.05, 3.63) is 89.0 Å². The van der Waals surface area contributed by atoms with Crippen molar-refractivity contribution in [1.82, 2.24) is 9.42 Å². The van der Waals surface area contributed by atoms with Crippen LogP contribution in [0.2, 0.25) is 0 Å². The minimum atomic E-state index is -2.09. The van der Waals surface area contributed by atoms with Crippen LogP contribution in [0.5, 0.6) is 0 Å². The Labute approximate surface area is 256 Å². The molecule has 2 nitrogen and oxygen atoms in total. The van der Waals surface area contributed by atoms with E-state index in [0.717, 1.165) is 31.1 Å². The molecule has 5 aromatic rings. The summed E-state index contributed by atoms with van der Waals surface area (Å²) in [6.07, 6.45) is 0.933. The molecule has 0 unspecified atom stereocenters. The number of nitrogens with one attached hydrogen (secondary N) is 1. The van der Waals surface area contributed by atoms with Crippen LogP contribution in [0.1, 0.15) is 49.9 Å². The second-order valence-electron chi connectivity index (χ2n) is 16.9. The van der Waals surface area contributed by atoms with E-state index < -0.39 is 12.7 Å². The number of nitrogens with zero attached hydrogens (tertiary/aromatic N) is 1. The Balaban J connectivity index is 1.17. The van der Waals surface area contributed by atoms with Gasteiger partial charge in [0.05, 0.1) is 0 Å². The Bertz CT molecular complexity index is 2400. The molecule has 10 aliphatic rings. The first-order chi connectivity index (χ1) is 20.7. The average Bonchev–Trinajstić information content (AvgIpc) is 3.94.